The lowest BCUT2D eigenvalue weighted by Crippen LogP contribution is -2.49. The summed E-state index contributed by atoms with van der Waals surface area (Å²) in [5, 5.41) is 7.03. The molecule has 3 aromatic heterocycles. The number of benzene rings is 1. The second-order valence-electron chi connectivity index (χ2n) is 20.1. The van der Waals surface area contributed by atoms with Gasteiger partial charge in [-0.15, -0.1) is 0 Å². The molecule has 3 amide bonds. The number of halogens is 3. The number of hydrogen-bond acceptors (Lipinski definition) is 10. The van der Waals surface area contributed by atoms with Crippen molar-refractivity contribution in [3.05, 3.63) is 71.7 Å². The lowest BCUT2D eigenvalue weighted by atomic mass is 9.75. The molecule has 17 heteroatoms. The highest BCUT2D eigenvalue weighted by molar-refractivity contribution is 5.95. The van der Waals surface area contributed by atoms with Crippen LogP contribution in [0.25, 0.3) is 33.4 Å². The molecular formula is C54H82F3N9O5. The summed E-state index contributed by atoms with van der Waals surface area (Å²) in [7, 11) is 3.63. The van der Waals surface area contributed by atoms with Gasteiger partial charge in [-0.1, -0.05) is 66.5 Å². The summed E-state index contributed by atoms with van der Waals surface area (Å²) in [6, 6.07) is 15.2. The number of aromatic nitrogens is 3. The standard InChI is InChI=1S/C37H48F3N5O2.C16H32N4O2.CH2O/c1-6-26(2)34-29(15-12-19-41-34)35-31(22-36(3,4)24-47-5)30-21-27(17-18-33(30)45(35)23-37(38,39)40)32-16-11-14-28(44-32)13-9-7-8-10-20-42-43-25-46;1-13(2)14(15(17)22)20(3)10-7-16(6-9-19-12-21)5-4-8-18-11-16;1-2/h11-12,14-19,21,25-26,42H,6-10,13,20,22-24H2,1-5H3,(H,43,46);12-14,18H,4-11H2,1-3H3,(H2,17,22)(H,19,21);1H2. The van der Waals surface area contributed by atoms with E-state index in [1.54, 1.807) is 13.3 Å². The van der Waals surface area contributed by atoms with Crippen molar-refractivity contribution in [1.29, 1.82) is 0 Å². The fourth-order valence-corrected chi connectivity index (χ4v) is 9.89. The lowest BCUT2D eigenvalue weighted by molar-refractivity contribution is -0.139. The normalized spacial score (nSPS) is 15.8. The Balaban J connectivity index is 0.000000465. The number of fused-ring (bicyclic) bond motifs is 1. The average molecular weight is 994 g/mol. The number of rotatable bonds is 28. The molecule has 71 heavy (non-hydrogen) atoms. The topological polar surface area (TPSA) is 186 Å². The Kier molecular flexibility index (Phi) is 25.3. The van der Waals surface area contributed by atoms with Gasteiger partial charge in [0.25, 0.3) is 0 Å². The molecule has 1 saturated heterocycles. The number of piperidine rings is 1. The predicted molar refractivity (Wildman–Crippen MR) is 277 cm³/mol. The quantitative estimate of drug-likeness (QED) is 0.0210. The fraction of sp³-hybridized carbons (Fsp3) is 0.593. The van der Waals surface area contributed by atoms with Crippen LogP contribution in [0.3, 0.4) is 0 Å². The minimum Gasteiger partial charge on any atom is -0.384 e. The minimum absolute atomic E-state index is 0.0713. The monoisotopic (exact) mass is 994 g/mol. The summed E-state index contributed by atoms with van der Waals surface area (Å²) in [4.78, 5) is 52.2. The number of unbranched alkanes of at least 4 members (excludes halogenated alkanes) is 3. The third-order valence-electron chi connectivity index (χ3n) is 13.5. The summed E-state index contributed by atoms with van der Waals surface area (Å²) in [6.07, 6.45) is 9.19. The minimum atomic E-state index is -4.42. The highest BCUT2D eigenvalue weighted by Gasteiger charge is 2.35. The van der Waals surface area contributed by atoms with Crippen molar-refractivity contribution in [2.45, 2.75) is 137 Å². The van der Waals surface area contributed by atoms with Crippen molar-refractivity contribution in [3.8, 4) is 22.5 Å². The number of alkyl halides is 3. The second kappa shape index (κ2) is 30.0. The van der Waals surface area contributed by atoms with Gasteiger partial charge in [0.1, 0.15) is 13.3 Å². The maximum absolute atomic E-state index is 14.3. The van der Waals surface area contributed by atoms with Crippen LogP contribution >= 0.6 is 0 Å². The summed E-state index contributed by atoms with van der Waals surface area (Å²) in [5.74, 6) is 0.0256. The van der Waals surface area contributed by atoms with Crippen LogP contribution in [0.2, 0.25) is 0 Å². The maximum atomic E-state index is 14.3. The van der Waals surface area contributed by atoms with Gasteiger partial charge in [0.2, 0.25) is 18.7 Å². The molecule has 0 aliphatic carbocycles. The summed E-state index contributed by atoms with van der Waals surface area (Å²) in [6.45, 7) is 18.0. The molecule has 3 unspecified atom stereocenters. The van der Waals surface area contributed by atoms with Crippen molar-refractivity contribution in [3.63, 3.8) is 0 Å². The number of aryl methyl sites for hydroxylation is 1. The number of ether oxygens (including phenoxy) is 1. The van der Waals surface area contributed by atoms with E-state index in [1.807, 2.05) is 76.2 Å². The number of carbonyl (C=O) groups excluding carboxylic acids is 4. The molecule has 6 N–H and O–H groups in total. The first-order valence-electron chi connectivity index (χ1n) is 25.1. The largest absolute Gasteiger partial charge is 0.406 e. The molecule has 0 bridgehead atoms. The molecule has 1 aromatic carbocycles. The molecule has 5 rings (SSSR count). The van der Waals surface area contributed by atoms with E-state index in [4.69, 9.17) is 20.2 Å². The number of amides is 3. The number of carbonyl (C=O) groups is 4. The Hall–Kier alpha value is -5.23. The van der Waals surface area contributed by atoms with E-state index in [-0.39, 0.29) is 34.6 Å². The highest BCUT2D eigenvalue weighted by Crippen LogP contribution is 2.43. The van der Waals surface area contributed by atoms with Crippen molar-refractivity contribution in [1.82, 2.24) is 40.9 Å². The molecule has 0 spiro atoms. The van der Waals surface area contributed by atoms with Gasteiger partial charge in [0, 0.05) is 60.7 Å². The molecule has 394 valence electrons. The number of nitrogens with one attached hydrogen (secondary N) is 4. The van der Waals surface area contributed by atoms with Crippen molar-refractivity contribution in [2.75, 3.05) is 53.5 Å². The average Bonchev–Trinajstić information content (AvgIpc) is 3.61. The zero-order valence-corrected chi connectivity index (χ0v) is 43.6. The molecule has 1 aliphatic rings. The third kappa shape index (κ3) is 18.7. The van der Waals surface area contributed by atoms with E-state index in [2.05, 4.69) is 59.1 Å². The van der Waals surface area contributed by atoms with Gasteiger partial charge < -0.3 is 30.5 Å². The van der Waals surface area contributed by atoms with Crippen molar-refractivity contribution in [2.24, 2.45) is 22.5 Å². The van der Waals surface area contributed by atoms with Gasteiger partial charge in [0.05, 0.1) is 29.7 Å². The fourth-order valence-electron chi connectivity index (χ4n) is 9.89. The van der Waals surface area contributed by atoms with Gasteiger partial charge in [-0.05, 0) is 143 Å². The van der Waals surface area contributed by atoms with Gasteiger partial charge in [-0.2, -0.15) is 13.2 Å². The number of nitrogens with zero attached hydrogens (tertiary/aromatic N) is 4. The summed E-state index contributed by atoms with van der Waals surface area (Å²) in [5.41, 5.74) is 16.8. The Morgan fingerprint density at radius 1 is 1.03 bits per heavy atom. The van der Waals surface area contributed by atoms with Crippen LogP contribution in [0.1, 0.15) is 122 Å². The molecule has 4 aromatic rings. The lowest BCUT2D eigenvalue weighted by Gasteiger charge is -2.40. The molecule has 1 fully saturated rings. The van der Waals surface area contributed by atoms with E-state index in [1.165, 1.54) is 4.57 Å². The van der Waals surface area contributed by atoms with E-state index in [0.717, 1.165) is 136 Å². The van der Waals surface area contributed by atoms with Gasteiger partial charge >= 0.3 is 6.18 Å². The smallest absolute Gasteiger partial charge is 0.384 e. The van der Waals surface area contributed by atoms with Crippen molar-refractivity contribution < 1.29 is 37.1 Å². The third-order valence-corrected chi connectivity index (χ3v) is 13.5. The second-order valence-corrected chi connectivity index (χ2v) is 20.1. The number of nitrogens with two attached hydrogens (primary N) is 1. The molecular weight excluding hydrogens is 912 g/mol. The van der Waals surface area contributed by atoms with E-state index >= 15 is 0 Å². The van der Waals surface area contributed by atoms with Crippen LogP contribution in [0.4, 0.5) is 13.2 Å². The first-order valence-corrected chi connectivity index (χ1v) is 25.1. The predicted octanol–water partition coefficient (Wildman–Crippen LogP) is 8.55. The first kappa shape index (κ1) is 60.1. The maximum Gasteiger partial charge on any atom is 0.406 e. The van der Waals surface area contributed by atoms with Crippen LogP contribution < -0.4 is 27.2 Å². The van der Waals surface area contributed by atoms with Crippen molar-refractivity contribution >= 4 is 36.4 Å². The summed E-state index contributed by atoms with van der Waals surface area (Å²) < 4.78 is 49.8. The Morgan fingerprint density at radius 3 is 2.41 bits per heavy atom. The number of pyridine rings is 2. The molecule has 14 nitrogen and oxygen atoms in total. The number of methoxy groups -OCH3 is 1. The van der Waals surface area contributed by atoms with Crippen LogP contribution in [-0.2, 0) is 43.3 Å². The van der Waals surface area contributed by atoms with E-state index in [9.17, 15) is 27.6 Å². The van der Waals surface area contributed by atoms with Crippen LogP contribution in [0.5, 0.6) is 0 Å². The highest BCUT2D eigenvalue weighted by atomic mass is 19.4. The number of hydrogen-bond donors (Lipinski definition) is 5. The number of hydrazine groups is 1. The Bertz CT molecular complexity index is 2230. The zero-order valence-electron chi connectivity index (χ0n) is 43.6. The molecule has 0 saturated carbocycles. The van der Waals surface area contributed by atoms with Crippen LogP contribution in [0, 0.1) is 16.7 Å². The zero-order chi connectivity index (χ0) is 52.6. The van der Waals surface area contributed by atoms with Crippen LogP contribution in [0.15, 0.2) is 54.7 Å². The number of primary amides is 1. The number of likely N-dealkylation sites (N-methyl/N-ethyl adjacent to an activating group) is 1. The van der Waals surface area contributed by atoms with Crippen LogP contribution in [-0.4, -0.2) is 111 Å². The Labute approximate surface area is 420 Å². The van der Waals surface area contributed by atoms with Gasteiger partial charge in [0.15, 0.2) is 0 Å². The van der Waals surface area contributed by atoms with Gasteiger partial charge in [-0.25, -0.2) is 5.43 Å². The Morgan fingerprint density at radius 2 is 1.77 bits per heavy atom. The molecule has 4 heterocycles. The molecule has 1 aliphatic heterocycles. The summed E-state index contributed by atoms with van der Waals surface area (Å²) >= 11 is 0. The van der Waals surface area contributed by atoms with Gasteiger partial charge in [-0.3, -0.25) is 34.7 Å². The SMILES string of the molecule is C=O.CC(C)C(C(N)=O)N(C)CCC1(CCNC=O)CCCNC1.CCC(C)c1ncccc1-c1c(CC(C)(C)COC)c2cc(-c3cccc(CCCCCCNNC=O)n3)ccc2n1CC(F)(F)F. The molecule has 3 atom stereocenters. The van der Waals surface area contributed by atoms with E-state index in [0.29, 0.717) is 37.2 Å². The molecule has 0 radical (unpaired) electrons. The first-order chi connectivity index (χ1) is 33.9. The van der Waals surface area contributed by atoms with E-state index < -0.39 is 12.7 Å².